The summed E-state index contributed by atoms with van der Waals surface area (Å²) in [6.45, 7) is 5.86. The number of fused-ring (bicyclic) bond motifs is 2. The van der Waals surface area contributed by atoms with Crippen molar-refractivity contribution in [2.45, 2.75) is 32.2 Å². The van der Waals surface area contributed by atoms with Gasteiger partial charge in [-0.2, -0.15) is 0 Å². The second kappa shape index (κ2) is 7.81. The largest absolute Gasteiger partial charge is 0.396 e. The number of nitrogen functional groups attached to an aromatic ring is 1. The smallest absolute Gasteiger partial charge is 0.263 e. The Labute approximate surface area is 178 Å². The Morgan fingerprint density at radius 2 is 2.13 bits per heavy atom. The number of rotatable bonds is 3. The van der Waals surface area contributed by atoms with Crippen LogP contribution in [0.5, 0.6) is 0 Å². The van der Waals surface area contributed by atoms with Crippen LogP contribution in [0, 0.1) is 6.92 Å². The van der Waals surface area contributed by atoms with E-state index < -0.39 is 0 Å². The molecule has 4 N–H and O–H groups in total. The molecule has 4 heterocycles. The number of hydrogen-bond donors (Lipinski definition) is 3. The van der Waals surface area contributed by atoms with E-state index in [0.717, 1.165) is 62.6 Å². The maximum absolute atomic E-state index is 12.9. The third kappa shape index (κ3) is 3.59. The van der Waals surface area contributed by atoms with Gasteiger partial charge in [-0.15, -0.1) is 11.3 Å². The second-order valence-corrected chi connectivity index (χ2v) is 8.93. The molecule has 1 saturated heterocycles. The molecule has 0 bridgehead atoms. The van der Waals surface area contributed by atoms with Crippen LogP contribution in [0.15, 0.2) is 18.3 Å². The molecule has 3 aromatic rings. The molecule has 0 unspecified atom stereocenters. The zero-order valence-electron chi connectivity index (χ0n) is 16.9. The minimum absolute atomic E-state index is 0.0732. The fourth-order valence-corrected chi connectivity index (χ4v) is 5.18. The molecule has 8 nitrogen and oxygen atoms in total. The van der Waals surface area contributed by atoms with Gasteiger partial charge in [-0.05, 0) is 37.8 Å². The molecule has 5 rings (SSSR count). The van der Waals surface area contributed by atoms with Crippen LogP contribution in [0.25, 0.3) is 10.3 Å². The van der Waals surface area contributed by atoms with Crippen molar-refractivity contribution < 1.29 is 4.79 Å². The lowest BCUT2D eigenvalue weighted by atomic mass is 9.91. The molecular formula is C21H25N7OS. The standard InChI is InChI=1S/C21H25N7OS/c1-12-11-24-18-17(22)19(30-21(18)25-12)20(29)26-14-3-4-15-13(10-14)2-5-16(27-15)28-8-6-23-7-9-28/h2,5,11,14,23H,3-4,6-10,22H2,1H3,(H,26,29)/t14-/m0/s1. The minimum atomic E-state index is -0.145. The molecule has 1 aliphatic heterocycles. The van der Waals surface area contributed by atoms with E-state index in [1.165, 1.54) is 16.9 Å². The molecule has 156 valence electrons. The number of carbonyl (C=O) groups excluding carboxylic acids is 1. The molecule has 3 aromatic heterocycles. The molecule has 30 heavy (non-hydrogen) atoms. The highest BCUT2D eigenvalue weighted by atomic mass is 32.1. The van der Waals surface area contributed by atoms with E-state index in [-0.39, 0.29) is 11.9 Å². The van der Waals surface area contributed by atoms with E-state index in [9.17, 15) is 4.79 Å². The Bertz CT molecular complexity index is 1110. The quantitative estimate of drug-likeness (QED) is 0.588. The van der Waals surface area contributed by atoms with E-state index >= 15 is 0 Å². The number of aryl methyl sites for hydroxylation is 2. The Morgan fingerprint density at radius 3 is 2.97 bits per heavy atom. The Kier molecular flexibility index (Phi) is 5.00. The number of hydrogen-bond acceptors (Lipinski definition) is 8. The first-order valence-electron chi connectivity index (χ1n) is 10.4. The fraction of sp³-hybridized carbons (Fsp3) is 0.429. The van der Waals surface area contributed by atoms with Crippen LogP contribution in [-0.2, 0) is 12.8 Å². The molecule has 1 atom stereocenters. The molecular weight excluding hydrogens is 398 g/mol. The molecule has 0 radical (unpaired) electrons. The number of nitrogens with zero attached hydrogens (tertiary/aromatic N) is 4. The van der Waals surface area contributed by atoms with Gasteiger partial charge in [-0.1, -0.05) is 6.07 Å². The van der Waals surface area contributed by atoms with Gasteiger partial charge in [-0.3, -0.25) is 4.79 Å². The molecule has 1 fully saturated rings. The van der Waals surface area contributed by atoms with E-state index in [0.29, 0.717) is 20.9 Å². The third-order valence-corrected chi connectivity index (χ3v) is 6.88. The molecule has 0 aromatic carbocycles. The summed E-state index contributed by atoms with van der Waals surface area (Å²) >= 11 is 1.30. The van der Waals surface area contributed by atoms with Gasteiger partial charge in [0.1, 0.15) is 21.0 Å². The van der Waals surface area contributed by atoms with Crippen molar-refractivity contribution in [3.63, 3.8) is 0 Å². The van der Waals surface area contributed by atoms with Crippen molar-refractivity contribution in [1.29, 1.82) is 0 Å². The predicted octanol–water partition coefficient (Wildman–Crippen LogP) is 1.67. The van der Waals surface area contributed by atoms with Gasteiger partial charge in [0.25, 0.3) is 5.91 Å². The summed E-state index contributed by atoms with van der Waals surface area (Å²) in [4.78, 5) is 30.1. The van der Waals surface area contributed by atoms with Gasteiger partial charge in [0.15, 0.2) is 0 Å². The molecule has 9 heteroatoms. The monoisotopic (exact) mass is 423 g/mol. The van der Waals surface area contributed by atoms with Crippen LogP contribution < -0.4 is 21.3 Å². The summed E-state index contributed by atoms with van der Waals surface area (Å²) in [6.07, 6.45) is 4.20. The normalized spacial score (nSPS) is 19.0. The summed E-state index contributed by atoms with van der Waals surface area (Å²) < 4.78 is 0. The fourth-order valence-electron chi connectivity index (χ4n) is 4.18. The lowest BCUT2D eigenvalue weighted by molar-refractivity contribution is 0.0938. The number of pyridine rings is 1. The topological polar surface area (TPSA) is 109 Å². The Balaban J connectivity index is 1.29. The van der Waals surface area contributed by atoms with Gasteiger partial charge in [0, 0.05) is 44.1 Å². The first kappa shape index (κ1) is 19.2. The van der Waals surface area contributed by atoms with E-state index in [1.54, 1.807) is 6.20 Å². The molecule has 0 spiro atoms. The zero-order chi connectivity index (χ0) is 20.7. The molecule has 1 aliphatic carbocycles. The summed E-state index contributed by atoms with van der Waals surface area (Å²) in [5.74, 6) is 0.917. The van der Waals surface area contributed by atoms with Crippen LogP contribution in [0.3, 0.4) is 0 Å². The summed E-state index contributed by atoms with van der Waals surface area (Å²) in [6, 6.07) is 4.35. The van der Waals surface area contributed by atoms with Crippen LogP contribution >= 0.6 is 11.3 Å². The molecule has 1 amide bonds. The lowest BCUT2D eigenvalue weighted by Gasteiger charge is -2.30. The number of anilines is 2. The average molecular weight is 424 g/mol. The van der Waals surface area contributed by atoms with Crippen molar-refractivity contribution in [2.24, 2.45) is 0 Å². The predicted molar refractivity (Wildman–Crippen MR) is 119 cm³/mol. The number of nitrogens with one attached hydrogen (secondary N) is 2. The number of aromatic nitrogens is 3. The zero-order valence-corrected chi connectivity index (χ0v) is 17.8. The number of thiophene rings is 1. The SMILES string of the molecule is Cc1cnc2c(N)c(C(=O)N[C@H]3CCc4nc(N5CCNCC5)ccc4C3)sc2n1. The van der Waals surface area contributed by atoms with E-state index in [4.69, 9.17) is 10.7 Å². The summed E-state index contributed by atoms with van der Waals surface area (Å²) in [5, 5.41) is 6.53. The minimum Gasteiger partial charge on any atom is -0.396 e. The summed E-state index contributed by atoms with van der Waals surface area (Å²) in [7, 11) is 0. The van der Waals surface area contributed by atoms with Gasteiger partial charge in [0.2, 0.25) is 0 Å². The summed E-state index contributed by atoms with van der Waals surface area (Å²) in [5.41, 5.74) is 10.4. The highest BCUT2D eigenvalue weighted by molar-refractivity contribution is 7.21. The van der Waals surface area contributed by atoms with Crippen LogP contribution in [0.1, 0.15) is 33.0 Å². The first-order valence-corrected chi connectivity index (χ1v) is 11.2. The first-order chi connectivity index (χ1) is 14.6. The Hall–Kier alpha value is -2.78. The van der Waals surface area contributed by atoms with Gasteiger partial charge < -0.3 is 21.3 Å². The average Bonchev–Trinajstić information content (AvgIpc) is 3.09. The van der Waals surface area contributed by atoms with Gasteiger partial charge in [-0.25, -0.2) is 15.0 Å². The van der Waals surface area contributed by atoms with Gasteiger partial charge >= 0.3 is 0 Å². The third-order valence-electron chi connectivity index (χ3n) is 5.79. The molecule has 0 saturated carbocycles. The highest BCUT2D eigenvalue weighted by Gasteiger charge is 2.25. The van der Waals surface area contributed by atoms with Gasteiger partial charge in [0.05, 0.1) is 11.4 Å². The van der Waals surface area contributed by atoms with Crippen molar-refractivity contribution in [3.8, 4) is 0 Å². The number of amides is 1. The van der Waals surface area contributed by atoms with Crippen LogP contribution in [0.2, 0.25) is 0 Å². The molecule has 2 aliphatic rings. The van der Waals surface area contributed by atoms with E-state index in [2.05, 4.69) is 37.6 Å². The lowest BCUT2D eigenvalue weighted by Crippen LogP contribution is -2.44. The van der Waals surface area contributed by atoms with Crippen molar-refractivity contribution in [3.05, 3.63) is 40.2 Å². The highest BCUT2D eigenvalue weighted by Crippen LogP contribution is 2.31. The van der Waals surface area contributed by atoms with Crippen LogP contribution in [-0.4, -0.2) is 53.1 Å². The van der Waals surface area contributed by atoms with Crippen molar-refractivity contribution in [1.82, 2.24) is 25.6 Å². The Morgan fingerprint density at radius 1 is 1.30 bits per heavy atom. The van der Waals surface area contributed by atoms with Crippen molar-refractivity contribution in [2.75, 3.05) is 36.8 Å². The number of nitrogens with two attached hydrogens (primary N) is 1. The maximum Gasteiger partial charge on any atom is 0.263 e. The van der Waals surface area contributed by atoms with Crippen molar-refractivity contribution >= 4 is 39.1 Å². The van der Waals surface area contributed by atoms with E-state index in [1.807, 2.05) is 6.92 Å². The van der Waals surface area contributed by atoms with Crippen LogP contribution in [0.4, 0.5) is 11.5 Å². The number of piperazine rings is 1. The second-order valence-electron chi connectivity index (χ2n) is 7.94. The maximum atomic E-state index is 12.9. The number of carbonyl (C=O) groups is 1.